The summed E-state index contributed by atoms with van der Waals surface area (Å²) >= 11 is 0. The molecule has 0 saturated carbocycles. The van der Waals surface area contributed by atoms with Gasteiger partial charge in [-0.2, -0.15) is 0 Å². The van der Waals surface area contributed by atoms with E-state index >= 15 is 0 Å². The van der Waals surface area contributed by atoms with E-state index in [9.17, 15) is 4.39 Å². The van der Waals surface area contributed by atoms with E-state index in [2.05, 4.69) is 17.1 Å². The van der Waals surface area contributed by atoms with Crippen molar-refractivity contribution in [3.63, 3.8) is 0 Å². The summed E-state index contributed by atoms with van der Waals surface area (Å²) in [7, 11) is 0. The highest BCUT2D eigenvalue weighted by Crippen LogP contribution is 2.18. The third-order valence-corrected chi connectivity index (χ3v) is 3.38. The van der Waals surface area contributed by atoms with Crippen molar-refractivity contribution >= 4 is 0 Å². The summed E-state index contributed by atoms with van der Waals surface area (Å²) in [6, 6.07) is 7.02. The number of halogens is 1. The highest BCUT2D eigenvalue weighted by Gasteiger charge is 2.17. The van der Waals surface area contributed by atoms with Crippen LogP contribution in [0.2, 0.25) is 0 Å². The number of hydrogen-bond donors (Lipinski definition) is 1. The van der Waals surface area contributed by atoms with Crippen molar-refractivity contribution in [1.82, 2.24) is 10.2 Å². The molecule has 0 fully saturated rings. The number of ether oxygens (including phenoxy) is 1. The second-order valence-corrected chi connectivity index (χ2v) is 4.72. The van der Waals surface area contributed by atoms with Crippen molar-refractivity contribution in [2.45, 2.75) is 26.8 Å². The molecule has 1 atom stereocenters. The van der Waals surface area contributed by atoms with Crippen LogP contribution in [0.15, 0.2) is 24.3 Å². The first-order chi connectivity index (χ1) is 9.72. The lowest BCUT2D eigenvalue weighted by molar-refractivity contribution is 0.111. The van der Waals surface area contributed by atoms with Crippen molar-refractivity contribution in [3.05, 3.63) is 35.6 Å². The van der Waals surface area contributed by atoms with Gasteiger partial charge in [0.25, 0.3) is 0 Å². The molecule has 3 nitrogen and oxygen atoms in total. The molecule has 0 bridgehead atoms. The molecule has 1 aromatic carbocycles. The number of likely N-dealkylation sites (N-methyl/N-ethyl adjacent to an activating group) is 2. The van der Waals surface area contributed by atoms with Gasteiger partial charge in [-0.25, -0.2) is 4.39 Å². The average Bonchev–Trinajstić information content (AvgIpc) is 2.46. The lowest BCUT2D eigenvalue weighted by Gasteiger charge is -2.27. The molecular formula is C16H27FN2O. The average molecular weight is 282 g/mol. The summed E-state index contributed by atoms with van der Waals surface area (Å²) < 4.78 is 19.3. The van der Waals surface area contributed by atoms with E-state index in [1.54, 1.807) is 6.07 Å². The van der Waals surface area contributed by atoms with Crippen LogP contribution in [0.3, 0.4) is 0 Å². The molecule has 0 heterocycles. The summed E-state index contributed by atoms with van der Waals surface area (Å²) in [4.78, 5) is 2.29. The van der Waals surface area contributed by atoms with E-state index in [0.717, 1.165) is 45.0 Å². The normalized spacial score (nSPS) is 12.8. The zero-order valence-electron chi connectivity index (χ0n) is 12.9. The number of rotatable bonds is 10. The van der Waals surface area contributed by atoms with Crippen LogP contribution in [-0.2, 0) is 4.74 Å². The maximum Gasteiger partial charge on any atom is 0.128 e. The summed E-state index contributed by atoms with van der Waals surface area (Å²) in [5, 5.41) is 3.37. The predicted octanol–water partition coefficient (Wildman–Crippen LogP) is 2.83. The first kappa shape index (κ1) is 17.1. The smallest absolute Gasteiger partial charge is 0.128 e. The van der Waals surface area contributed by atoms with Gasteiger partial charge in [-0.3, -0.25) is 4.90 Å². The lowest BCUT2D eigenvalue weighted by atomic mass is 10.1. The minimum Gasteiger partial charge on any atom is -0.380 e. The predicted molar refractivity (Wildman–Crippen MR) is 81.4 cm³/mol. The van der Waals surface area contributed by atoms with Crippen molar-refractivity contribution in [3.8, 4) is 0 Å². The van der Waals surface area contributed by atoms with Crippen molar-refractivity contribution in [2.75, 3.05) is 39.4 Å². The molecule has 0 spiro atoms. The Labute approximate surface area is 122 Å². The monoisotopic (exact) mass is 282 g/mol. The molecule has 4 heteroatoms. The lowest BCUT2D eigenvalue weighted by Crippen LogP contribution is -2.37. The van der Waals surface area contributed by atoms with E-state index < -0.39 is 0 Å². The first-order valence-electron chi connectivity index (χ1n) is 7.50. The summed E-state index contributed by atoms with van der Waals surface area (Å²) in [6.07, 6.45) is 0. The number of nitrogens with one attached hydrogen (secondary N) is 1. The Balaban J connectivity index is 2.68. The van der Waals surface area contributed by atoms with Crippen LogP contribution in [0.25, 0.3) is 0 Å². The van der Waals surface area contributed by atoms with E-state index in [-0.39, 0.29) is 11.9 Å². The molecule has 0 radical (unpaired) electrons. The molecule has 0 amide bonds. The third-order valence-electron chi connectivity index (χ3n) is 3.38. The van der Waals surface area contributed by atoms with Gasteiger partial charge in [0.1, 0.15) is 5.82 Å². The SMILES string of the molecule is CCNC(CN(CC)CCOCC)c1ccccc1F. The zero-order valence-corrected chi connectivity index (χ0v) is 12.9. The molecule has 1 aromatic rings. The second-order valence-electron chi connectivity index (χ2n) is 4.72. The van der Waals surface area contributed by atoms with Crippen LogP contribution in [0.4, 0.5) is 4.39 Å². The Kier molecular flexibility index (Phi) is 8.42. The standard InChI is InChI=1S/C16H27FN2O/c1-4-18-16(14-9-7-8-10-15(14)17)13-19(5-2)11-12-20-6-3/h7-10,16,18H,4-6,11-13H2,1-3H3. The zero-order chi connectivity index (χ0) is 14.8. The molecule has 1 N–H and O–H groups in total. The first-order valence-corrected chi connectivity index (χ1v) is 7.50. The fourth-order valence-corrected chi connectivity index (χ4v) is 2.25. The Morgan fingerprint density at radius 2 is 2.00 bits per heavy atom. The van der Waals surface area contributed by atoms with Crippen LogP contribution in [0, 0.1) is 5.82 Å². The van der Waals surface area contributed by atoms with Crippen molar-refractivity contribution in [1.29, 1.82) is 0 Å². The van der Waals surface area contributed by atoms with Crippen LogP contribution < -0.4 is 5.32 Å². The summed E-state index contributed by atoms with van der Waals surface area (Å²) in [5.74, 6) is -0.140. The highest BCUT2D eigenvalue weighted by atomic mass is 19.1. The number of benzene rings is 1. The molecule has 20 heavy (non-hydrogen) atoms. The van der Waals surface area contributed by atoms with Gasteiger partial charge < -0.3 is 10.1 Å². The Bertz CT molecular complexity index is 373. The maximum absolute atomic E-state index is 13.9. The van der Waals surface area contributed by atoms with Crippen LogP contribution in [0.1, 0.15) is 32.4 Å². The van der Waals surface area contributed by atoms with E-state index in [0.29, 0.717) is 0 Å². The van der Waals surface area contributed by atoms with E-state index in [1.165, 1.54) is 6.07 Å². The van der Waals surface area contributed by atoms with Gasteiger partial charge in [0.05, 0.1) is 6.61 Å². The quantitative estimate of drug-likeness (QED) is 0.668. The topological polar surface area (TPSA) is 24.5 Å². The maximum atomic E-state index is 13.9. The molecule has 0 aromatic heterocycles. The minimum absolute atomic E-state index is 0.0165. The van der Waals surface area contributed by atoms with Crippen LogP contribution in [0.5, 0.6) is 0 Å². The van der Waals surface area contributed by atoms with E-state index in [4.69, 9.17) is 4.74 Å². The van der Waals surface area contributed by atoms with E-state index in [1.807, 2.05) is 26.0 Å². The highest BCUT2D eigenvalue weighted by molar-refractivity contribution is 5.21. The Hall–Kier alpha value is -0.970. The molecule has 1 unspecified atom stereocenters. The minimum atomic E-state index is -0.140. The van der Waals surface area contributed by atoms with Gasteiger partial charge in [0.15, 0.2) is 0 Å². The van der Waals surface area contributed by atoms with Crippen molar-refractivity contribution in [2.24, 2.45) is 0 Å². The fraction of sp³-hybridized carbons (Fsp3) is 0.625. The molecule has 114 valence electrons. The number of hydrogen-bond acceptors (Lipinski definition) is 3. The van der Waals surface area contributed by atoms with Gasteiger partial charge in [0, 0.05) is 31.3 Å². The molecule has 1 rings (SSSR count). The van der Waals surface area contributed by atoms with Gasteiger partial charge in [-0.1, -0.05) is 32.0 Å². The fourth-order valence-electron chi connectivity index (χ4n) is 2.25. The third kappa shape index (κ3) is 5.57. The molecule has 0 saturated heterocycles. The Morgan fingerprint density at radius 1 is 1.25 bits per heavy atom. The van der Waals surface area contributed by atoms with Crippen molar-refractivity contribution < 1.29 is 9.13 Å². The summed E-state index contributed by atoms with van der Waals surface area (Å²) in [6.45, 7) is 11.0. The van der Waals surface area contributed by atoms with Crippen LogP contribution in [-0.4, -0.2) is 44.3 Å². The number of nitrogens with zero attached hydrogens (tertiary/aromatic N) is 1. The Morgan fingerprint density at radius 3 is 2.60 bits per heavy atom. The largest absolute Gasteiger partial charge is 0.380 e. The second kappa shape index (κ2) is 9.86. The summed E-state index contributed by atoms with van der Waals surface area (Å²) in [5.41, 5.74) is 0.740. The van der Waals surface area contributed by atoms with Gasteiger partial charge >= 0.3 is 0 Å². The molecular weight excluding hydrogens is 255 g/mol. The molecule has 0 aliphatic rings. The van der Waals surface area contributed by atoms with Gasteiger partial charge in [-0.15, -0.1) is 0 Å². The van der Waals surface area contributed by atoms with Gasteiger partial charge in [-0.05, 0) is 26.1 Å². The molecule has 0 aliphatic carbocycles. The molecule has 0 aliphatic heterocycles. The van der Waals surface area contributed by atoms with Crippen LogP contribution >= 0.6 is 0 Å². The van der Waals surface area contributed by atoms with Gasteiger partial charge in [0.2, 0.25) is 0 Å².